The summed E-state index contributed by atoms with van der Waals surface area (Å²) >= 11 is 0. The second-order valence-corrected chi connectivity index (χ2v) is 4.93. The van der Waals surface area contributed by atoms with E-state index >= 15 is 0 Å². The van der Waals surface area contributed by atoms with Gasteiger partial charge in [0, 0.05) is 13.2 Å². The zero-order valence-electron chi connectivity index (χ0n) is 8.39. The van der Waals surface area contributed by atoms with Gasteiger partial charge in [0.1, 0.15) is 6.61 Å². The van der Waals surface area contributed by atoms with E-state index in [0.29, 0.717) is 0 Å². The fourth-order valence-corrected chi connectivity index (χ4v) is 1.90. The average Bonchev–Trinajstić information content (AvgIpc) is 2.63. The Morgan fingerprint density at radius 2 is 2.25 bits per heavy atom. The van der Waals surface area contributed by atoms with Crippen molar-refractivity contribution in [3.05, 3.63) is 12.5 Å². The zero-order valence-corrected chi connectivity index (χ0v) is 9.21. The number of rotatable bonds is 5. The van der Waals surface area contributed by atoms with E-state index in [2.05, 4.69) is 4.98 Å². The van der Waals surface area contributed by atoms with Crippen LogP contribution in [0.25, 0.3) is 0 Å². The molecule has 0 aromatic carbocycles. The first-order valence-electron chi connectivity index (χ1n) is 4.23. The van der Waals surface area contributed by atoms with Gasteiger partial charge >= 0.3 is 0 Å². The Bertz CT molecular complexity index is 457. The van der Waals surface area contributed by atoms with Crippen molar-refractivity contribution in [1.29, 1.82) is 0 Å². The van der Waals surface area contributed by atoms with E-state index in [1.807, 2.05) is 0 Å². The van der Waals surface area contributed by atoms with E-state index in [9.17, 15) is 17.2 Å². The molecule has 0 spiro atoms. The second-order valence-electron chi connectivity index (χ2n) is 3.22. The van der Waals surface area contributed by atoms with Gasteiger partial charge in [0.2, 0.25) is 0 Å². The van der Waals surface area contributed by atoms with Crippen LogP contribution in [-0.4, -0.2) is 42.1 Å². The fourth-order valence-electron chi connectivity index (χ4n) is 0.858. The van der Waals surface area contributed by atoms with Gasteiger partial charge in [-0.25, -0.2) is 26.9 Å². The molecule has 9 heteroatoms. The maximum absolute atomic E-state index is 12.6. The van der Waals surface area contributed by atoms with Gasteiger partial charge in [-0.05, 0) is 0 Å². The monoisotopic (exact) mass is 255 g/mol. The molecule has 1 aromatic heterocycles. The lowest BCUT2D eigenvalue weighted by molar-refractivity contribution is -0.0437. The highest BCUT2D eigenvalue weighted by Gasteiger charge is 2.30. The van der Waals surface area contributed by atoms with Gasteiger partial charge in [0.15, 0.2) is 5.03 Å². The number of sulfonamides is 1. The molecular formula is C7H11F2N3O3S. The largest absolute Gasteiger partial charge is 0.390 e. The van der Waals surface area contributed by atoms with Crippen molar-refractivity contribution in [2.24, 2.45) is 7.05 Å². The molecule has 6 nitrogen and oxygen atoms in total. The summed E-state index contributed by atoms with van der Waals surface area (Å²) in [6.07, 6.45) is 2.41. The molecule has 92 valence electrons. The van der Waals surface area contributed by atoms with Crippen LogP contribution in [0.4, 0.5) is 8.78 Å². The third-order valence-electron chi connectivity index (χ3n) is 1.71. The first-order valence-corrected chi connectivity index (χ1v) is 5.71. The average molecular weight is 255 g/mol. The number of aromatic nitrogens is 2. The van der Waals surface area contributed by atoms with Gasteiger partial charge < -0.3 is 9.67 Å². The Kier molecular flexibility index (Phi) is 3.61. The number of imidazole rings is 1. The van der Waals surface area contributed by atoms with Crippen molar-refractivity contribution in [3.63, 3.8) is 0 Å². The van der Waals surface area contributed by atoms with Crippen LogP contribution in [0.15, 0.2) is 17.6 Å². The van der Waals surface area contributed by atoms with Crippen molar-refractivity contribution in [3.8, 4) is 0 Å². The van der Waals surface area contributed by atoms with Crippen LogP contribution in [0.1, 0.15) is 0 Å². The molecule has 0 saturated heterocycles. The van der Waals surface area contributed by atoms with Crippen LogP contribution in [0, 0.1) is 0 Å². The highest BCUT2D eigenvalue weighted by molar-refractivity contribution is 7.89. The molecule has 2 N–H and O–H groups in total. The summed E-state index contributed by atoms with van der Waals surface area (Å²) in [5.74, 6) is -3.48. The molecule has 0 atom stereocenters. The summed E-state index contributed by atoms with van der Waals surface area (Å²) in [6.45, 7) is -2.58. The zero-order chi connectivity index (χ0) is 12.4. The Hall–Kier alpha value is -1.06. The normalized spacial score (nSPS) is 13.0. The minimum atomic E-state index is -4.06. The van der Waals surface area contributed by atoms with Gasteiger partial charge in [-0.1, -0.05) is 0 Å². The summed E-state index contributed by atoms with van der Waals surface area (Å²) in [5, 5.41) is 7.92. The van der Waals surface area contributed by atoms with Crippen LogP contribution < -0.4 is 4.72 Å². The van der Waals surface area contributed by atoms with E-state index in [1.165, 1.54) is 17.1 Å². The van der Waals surface area contributed by atoms with Crippen molar-refractivity contribution >= 4 is 10.0 Å². The third kappa shape index (κ3) is 3.22. The topological polar surface area (TPSA) is 84.2 Å². The van der Waals surface area contributed by atoms with E-state index in [4.69, 9.17) is 5.11 Å². The van der Waals surface area contributed by atoms with E-state index in [0.717, 1.165) is 0 Å². The van der Waals surface area contributed by atoms with Gasteiger partial charge in [-0.15, -0.1) is 0 Å². The lowest BCUT2D eigenvalue weighted by atomic mass is 10.4. The van der Waals surface area contributed by atoms with E-state index in [1.54, 1.807) is 11.8 Å². The Labute approximate surface area is 91.0 Å². The predicted octanol–water partition coefficient (Wildman–Crippen LogP) is -0.674. The van der Waals surface area contributed by atoms with Crippen LogP contribution in [-0.2, 0) is 17.1 Å². The maximum atomic E-state index is 12.6. The van der Waals surface area contributed by atoms with Gasteiger partial charge in [-0.2, -0.15) is 0 Å². The van der Waals surface area contributed by atoms with Crippen molar-refractivity contribution in [2.75, 3.05) is 13.2 Å². The number of alkyl halides is 2. The highest BCUT2D eigenvalue weighted by atomic mass is 32.2. The molecule has 0 unspecified atom stereocenters. The van der Waals surface area contributed by atoms with E-state index in [-0.39, 0.29) is 5.03 Å². The van der Waals surface area contributed by atoms with Crippen molar-refractivity contribution in [2.45, 2.75) is 10.9 Å². The molecule has 0 bridgehead atoms. The lowest BCUT2D eigenvalue weighted by Crippen LogP contribution is -2.39. The van der Waals surface area contributed by atoms with Crippen LogP contribution in [0.5, 0.6) is 0 Å². The Balaban J connectivity index is 2.74. The molecule has 0 aliphatic heterocycles. The number of aryl methyl sites for hydroxylation is 1. The smallest absolute Gasteiger partial charge is 0.283 e. The molecule has 0 saturated carbocycles. The molecule has 0 fully saturated rings. The summed E-state index contributed by atoms with van der Waals surface area (Å²) in [4.78, 5) is 3.52. The molecule has 1 heterocycles. The molecule has 1 aromatic rings. The summed E-state index contributed by atoms with van der Waals surface area (Å²) in [6, 6.07) is 0. The molecule has 1 rings (SSSR count). The molecule has 16 heavy (non-hydrogen) atoms. The number of nitrogens with one attached hydrogen (secondary N) is 1. The van der Waals surface area contributed by atoms with Crippen LogP contribution in [0.2, 0.25) is 0 Å². The Morgan fingerprint density at radius 3 is 2.69 bits per heavy atom. The summed E-state index contributed by atoms with van der Waals surface area (Å²) in [7, 11) is -2.51. The van der Waals surface area contributed by atoms with Gasteiger partial charge in [0.25, 0.3) is 15.9 Å². The minimum absolute atomic E-state index is 0.344. The van der Waals surface area contributed by atoms with Crippen molar-refractivity contribution in [1.82, 2.24) is 14.3 Å². The molecule has 0 amide bonds. The molecular weight excluding hydrogens is 244 g/mol. The van der Waals surface area contributed by atoms with Crippen LogP contribution in [0.3, 0.4) is 0 Å². The number of aliphatic hydroxyl groups excluding tert-OH is 1. The highest BCUT2D eigenvalue weighted by Crippen LogP contribution is 2.12. The minimum Gasteiger partial charge on any atom is -0.390 e. The Morgan fingerprint density at radius 1 is 1.62 bits per heavy atom. The number of hydrogen-bond donors (Lipinski definition) is 2. The fraction of sp³-hybridized carbons (Fsp3) is 0.571. The van der Waals surface area contributed by atoms with E-state index < -0.39 is 29.1 Å². The third-order valence-corrected chi connectivity index (χ3v) is 2.99. The number of hydrogen-bond acceptors (Lipinski definition) is 4. The summed E-state index contributed by atoms with van der Waals surface area (Å²) < 4.78 is 51.1. The second kappa shape index (κ2) is 4.44. The van der Waals surface area contributed by atoms with Gasteiger partial charge in [-0.3, -0.25) is 0 Å². The standard InChI is InChI=1S/C7H11F2N3O3S/c1-12-2-6(10-5-12)16(14,15)11-3-7(8,9)4-13/h2,5,11,13H,3-4H2,1H3. The molecule has 0 aliphatic carbocycles. The van der Waals surface area contributed by atoms with Crippen molar-refractivity contribution < 1.29 is 22.3 Å². The number of halogens is 2. The lowest BCUT2D eigenvalue weighted by Gasteiger charge is -2.13. The SMILES string of the molecule is Cn1cnc(S(=O)(=O)NCC(F)(F)CO)c1. The van der Waals surface area contributed by atoms with Gasteiger partial charge in [0.05, 0.1) is 12.9 Å². The predicted molar refractivity (Wildman–Crippen MR) is 50.4 cm³/mol. The maximum Gasteiger partial charge on any atom is 0.283 e. The quantitative estimate of drug-likeness (QED) is 0.730. The first-order chi connectivity index (χ1) is 7.27. The number of nitrogens with zero attached hydrogens (tertiary/aromatic N) is 2. The van der Waals surface area contributed by atoms with Crippen LogP contribution >= 0.6 is 0 Å². The molecule has 0 aliphatic rings. The first kappa shape index (κ1) is 13.0. The summed E-state index contributed by atoms with van der Waals surface area (Å²) in [5.41, 5.74) is 0. The molecule has 0 radical (unpaired) electrons. The number of aliphatic hydroxyl groups is 1.